The Hall–Kier alpha value is -3.61. The highest BCUT2D eigenvalue weighted by atomic mass is 35.5. The van der Waals surface area contributed by atoms with Gasteiger partial charge in [-0.25, -0.2) is 4.68 Å². The normalized spacial score (nSPS) is 12.8. The number of nitrogens with zero attached hydrogens (tertiary/aromatic N) is 2. The Kier molecular flexibility index (Phi) is 6.49. The number of benzene rings is 3. The van der Waals surface area contributed by atoms with Crippen LogP contribution in [-0.2, 0) is 18.8 Å². The van der Waals surface area contributed by atoms with E-state index in [1.165, 1.54) is 4.68 Å². The number of aliphatic hydroxyl groups is 1. The molecular formula is C26H24ClN4O2. The molecule has 0 saturated heterocycles. The minimum atomic E-state index is -1.51. The van der Waals surface area contributed by atoms with Crippen LogP contribution >= 0.6 is 11.6 Å². The fourth-order valence-corrected chi connectivity index (χ4v) is 3.65. The second-order valence-electron chi connectivity index (χ2n) is 7.83. The second-order valence-corrected chi connectivity index (χ2v) is 8.27. The molecule has 0 aliphatic heterocycles. The van der Waals surface area contributed by atoms with E-state index in [0.29, 0.717) is 28.6 Å². The quantitative estimate of drug-likeness (QED) is 0.260. The summed E-state index contributed by atoms with van der Waals surface area (Å²) in [5.74, 6) is 0.635. The van der Waals surface area contributed by atoms with Gasteiger partial charge < -0.3 is 15.6 Å². The number of nitrogens with one attached hydrogen (secondary N) is 1. The van der Waals surface area contributed by atoms with E-state index in [2.05, 4.69) is 12.0 Å². The monoisotopic (exact) mass is 459 g/mol. The van der Waals surface area contributed by atoms with Gasteiger partial charge in [0, 0.05) is 35.7 Å². The average molecular weight is 460 g/mol. The van der Waals surface area contributed by atoms with Crippen LogP contribution in [0.2, 0.25) is 5.02 Å². The van der Waals surface area contributed by atoms with E-state index in [9.17, 15) is 5.11 Å². The molecule has 4 N–H and O–H groups in total. The minimum Gasteiger partial charge on any atom is -0.488 e. The summed E-state index contributed by atoms with van der Waals surface area (Å²) >= 11 is 6.25. The Bertz CT molecular complexity index is 1250. The maximum atomic E-state index is 11.0. The molecule has 0 spiro atoms. The number of amidine groups is 1. The standard InChI is InChI=1S/C26H24ClN4O2/c1-26(32,16-18-7-9-20(10-8-18)25(28)29)31-14-13-23(30-31)22-15-21(27)11-12-24(22)33-17-19-5-3-2-4-6-19/h2-15,32H,1,16-17H2,(H3,28,29). The first-order valence-corrected chi connectivity index (χ1v) is 10.7. The van der Waals surface area contributed by atoms with Gasteiger partial charge in [0.1, 0.15) is 18.2 Å². The molecule has 3 aromatic carbocycles. The number of nitrogens with two attached hydrogens (primary N) is 1. The van der Waals surface area contributed by atoms with Crippen LogP contribution in [0.25, 0.3) is 11.3 Å². The number of hydrogen-bond donors (Lipinski definition) is 3. The lowest BCUT2D eigenvalue weighted by Gasteiger charge is -2.24. The molecule has 4 aromatic rings. The summed E-state index contributed by atoms with van der Waals surface area (Å²) in [5.41, 5.74) is 7.83. The van der Waals surface area contributed by atoms with Crippen LogP contribution in [0.15, 0.2) is 85.1 Å². The Morgan fingerprint density at radius 2 is 1.79 bits per heavy atom. The predicted molar refractivity (Wildman–Crippen MR) is 130 cm³/mol. The predicted octanol–water partition coefficient (Wildman–Crippen LogP) is 4.79. The number of rotatable bonds is 8. The van der Waals surface area contributed by atoms with E-state index in [0.717, 1.165) is 16.7 Å². The molecule has 0 aliphatic rings. The maximum Gasteiger partial charge on any atom is 0.161 e. The van der Waals surface area contributed by atoms with Crippen LogP contribution in [0.1, 0.15) is 16.7 Å². The smallest absolute Gasteiger partial charge is 0.161 e. The van der Waals surface area contributed by atoms with Crippen LogP contribution in [0, 0.1) is 12.3 Å². The van der Waals surface area contributed by atoms with Gasteiger partial charge in [0.2, 0.25) is 0 Å². The SMILES string of the molecule is [CH2]C(O)(Cc1ccc(C(=N)N)cc1)n1ccc(-c2cc(Cl)ccc2OCc2ccccc2)n1. The third-order valence-electron chi connectivity index (χ3n) is 5.22. The molecule has 33 heavy (non-hydrogen) atoms. The van der Waals surface area contributed by atoms with Crippen LogP contribution < -0.4 is 10.5 Å². The molecule has 1 atom stereocenters. The molecule has 1 unspecified atom stereocenters. The van der Waals surface area contributed by atoms with Crippen molar-refractivity contribution < 1.29 is 9.84 Å². The summed E-state index contributed by atoms with van der Waals surface area (Å²) in [5, 5.41) is 23.6. The zero-order valence-electron chi connectivity index (χ0n) is 17.9. The van der Waals surface area contributed by atoms with Crippen molar-refractivity contribution in [3.8, 4) is 17.0 Å². The molecule has 0 amide bonds. The van der Waals surface area contributed by atoms with Crippen LogP contribution in [0.3, 0.4) is 0 Å². The molecule has 1 heterocycles. The first-order chi connectivity index (χ1) is 15.8. The van der Waals surface area contributed by atoms with Crippen molar-refractivity contribution in [2.24, 2.45) is 5.73 Å². The topological polar surface area (TPSA) is 97.2 Å². The largest absolute Gasteiger partial charge is 0.488 e. The second kappa shape index (κ2) is 9.48. The maximum absolute atomic E-state index is 11.0. The van der Waals surface area contributed by atoms with Crippen molar-refractivity contribution in [1.82, 2.24) is 9.78 Å². The van der Waals surface area contributed by atoms with Gasteiger partial charge in [0.25, 0.3) is 0 Å². The van der Waals surface area contributed by atoms with Gasteiger partial charge in [0.15, 0.2) is 5.72 Å². The number of hydrogen-bond acceptors (Lipinski definition) is 4. The third kappa shape index (κ3) is 5.42. The molecule has 167 valence electrons. The van der Waals surface area contributed by atoms with Crippen molar-refractivity contribution in [1.29, 1.82) is 5.41 Å². The number of halogens is 1. The zero-order valence-corrected chi connectivity index (χ0v) is 18.7. The lowest BCUT2D eigenvalue weighted by molar-refractivity contribution is -0.00132. The Balaban J connectivity index is 1.55. The number of ether oxygens (including phenoxy) is 1. The highest BCUT2D eigenvalue weighted by molar-refractivity contribution is 6.30. The van der Waals surface area contributed by atoms with Crippen LogP contribution in [-0.4, -0.2) is 20.7 Å². The number of aromatic nitrogens is 2. The fourth-order valence-electron chi connectivity index (χ4n) is 3.47. The minimum absolute atomic E-state index is 0.00466. The number of nitrogen functional groups attached to an aromatic ring is 1. The summed E-state index contributed by atoms with van der Waals surface area (Å²) in [7, 11) is 0. The van der Waals surface area contributed by atoms with Gasteiger partial charge in [-0.2, -0.15) is 5.10 Å². The molecule has 6 nitrogen and oxygen atoms in total. The molecule has 0 bridgehead atoms. The van der Waals surface area contributed by atoms with E-state index < -0.39 is 5.72 Å². The van der Waals surface area contributed by atoms with E-state index in [1.807, 2.05) is 48.5 Å². The Labute approximate surface area is 197 Å². The molecule has 0 fully saturated rings. The van der Waals surface area contributed by atoms with Gasteiger partial charge in [0.05, 0.1) is 5.69 Å². The summed E-state index contributed by atoms with van der Waals surface area (Å²) in [6.45, 7) is 4.36. The molecule has 1 radical (unpaired) electrons. The first-order valence-electron chi connectivity index (χ1n) is 10.4. The van der Waals surface area contributed by atoms with Crippen molar-refractivity contribution in [3.05, 3.63) is 114 Å². The molecule has 7 heteroatoms. The highest BCUT2D eigenvalue weighted by Crippen LogP contribution is 2.33. The van der Waals surface area contributed by atoms with Gasteiger partial charge >= 0.3 is 0 Å². The fraction of sp³-hybridized carbons (Fsp3) is 0.115. The van der Waals surface area contributed by atoms with E-state index in [1.54, 1.807) is 36.5 Å². The summed E-state index contributed by atoms with van der Waals surface area (Å²) < 4.78 is 7.46. The van der Waals surface area contributed by atoms with E-state index >= 15 is 0 Å². The Morgan fingerprint density at radius 1 is 1.06 bits per heavy atom. The van der Waals surface area contributed by atoms with Gasteiger partial charge in [-0.1, -0.05) is 66.2 Å². The summed E-state index contributed by atoms with van der Waals surface area (Å²) in [4.78, 5) is 0. The first kappa shape index (κ1) is 22.6. The van der Waals surface area contributed by atoms with E-state index in [-0.39, 0.29) is 12.3 Å². The summed E-state index contributed by atoms with van der Waals surface area (Å²) in [6, 6.07) is 24.1. The molecule has 0 aliphatic carbocycles. The zero-order chi connectivity index (χ0) is 23.4. The van der Waals surface area contributed by atoms with E-state index in [4.69, 9.17) is 27.5 Å². The van der Waals surface area contributed by atoms with Crippen molar-refractivity contribution >= 4 is 17.4 Å². The van der Waals surface area contributed by atoms with Gasteiger partial charge in [-0.05, 0) is 35.4 Å². The lowest BCUT2D eigenvalue weighted by Crippen LogP contribution is -2.33. The molecule has 4 rings (SSSR count). The van der Waals surface area contributed by atoms with Gasteiger partial charge in [-0.15, -0.1) is 0 Å². The lowest BCUT2D eigenvalue weighted by atomic mass is 10.0. The average Bonchev–Trinajstić information content (AvgIpc) is 3.30. The molecular weight excluding hydrogens is 436 g/mol. The van der Waals surface area contributed by atoms with Crippen molar-refractivity contribution in [3.63, 3.8) is 0 Å². The molecule has 1 aromatic heterocycles. The van der Waals surface area contributed by atoms with Crippen LogP contribution in [0.5, 0.6) is 5.75 Å². The van der Waals surface area contributed by atoms with Crippen molar-refractivity contribution in [2.45, 2.75) is 18.8 Å². The Morgan fingerprint density at radius 3 is 2.48 bits per heavy atom. The van der Waals surface area contributed by atoms with Gasteiger partial charge in [-0.3, -0.25) is 5.41 Å². The van der Waals surface area contributed by atoms with Crippen molar-refractivity contribution in [2.75, 3.05) is 0 Å². The summed E-state index contributed by atoms with van der Waals surface area (Å²) in [6.07, 6.45) is 1.90. The highest BCUT2D eigenvalue weighted by Gasteiger charge is 2.25. The molecule has 0 saturated carbocycles. The van der Waals surface area contributed by atoms with Crippen LogP contribution in [0.4, 0.5) is 0 Å². The third-order valence-corrected chi connectivity index (χ3v) is 5.46.